The molecule has 0 saturated carbocycles. The fraction of sp³-hybridized carbons (Fsp3) is 0.611. The van der Waals surface area contributed by atoms with Crippen LogP contribution in [-0.4, -0.2) is 43.6 Å². The molecule has 0 spiro atoms. The predicted octanol–water partition coefficient (Wildman–Crippen LogP) is 2.94. The number of carbonyl (C=O) groups is 1. The molecule has 1 fully saturated rings. The summed E-state index contributed by atoms with van der Waals surface area (Å²) in [4.78, 5) is 14.4. The predicted molar refractivity (Wildman–Crippen MR) is 89.4 cm³/mol. The average Bonchev–Trinajstić information content (AvgIpc) is 2.54. The second-order valence-electron chi connectivity index (χ2n) is 6.45. The number of amides is 1. The maximum Gasteiger partial charge on any atom is 0.253 e. The van der Waals surface area contributed by atoms with Crippen LogP contribution in [-0.2, 0) is 0 Å². The van der Waals surface area contributed by atoms with Gasteiger partial charge in [-0.25, -0.2) is 0 Å². The second-order valence-corrected chi connectivity index (χ2v) is 6.45. The van der Waals surface area contributed by atoms with Crippen molar-refractivity contribution in [3.63, 3.8) is 0 Å². The largest absolute Gasteiger partial charge is 0.494 e. The molecule has 1 aromatic rings. The topological polar surface area (TPSA) is 41.6 Å². The van der Waals surface area contributed by atoms with Crippen LogP contribution >= 0.6 is 0 Å². The lowest BCUT2D eigenvalue weighted by Crippen LogP contribution is -2.43. The van der Waals surface area contributed by atoms with Crippen molar-refractivity contribution in [1.29, 1.82) is 0 Å². The smallest absolute Gasteiger partial charge is 0.253 e. The Hall–Kier alpha value is -1.55. The Bertz CT molecular complexity index is 464. The molecule has 2 rings (SSSR count). The first-order valence-corrected chi connectivity index (χ1v) is 8.28. The van der Waals surface area contributed by atoms with E-state index in [2.05, 4.69) is 19.2 Å². The average molecular weight is 304 g/mol. The van der Waals surface area contributed by atoms with Crippen LogP contribution in [0, 0.1) is 5.92 Å². The molecule has 1 aliphatic heterocycles. The van der Waals surface area contributed by atoms with Crippen molar-refractivity contribution in [2.75, 3.05) is 26.7 Å². The Morgan fingerprint density at radius 3 is 2.50 bits per heavy atom. The molecule has 4 nitrogen and oxygen atoms in total. The molecule has 22 heavy (non-hydrogen) atoms. The van der Waals surface area contributed by atoms with Gasteiger partial charge in [0.15, 0.2) is 0 Å². The van der Waals surface area contributed by atoms with Crippen molar-refractivity contribution >= 4 is 5.91 Å². The lowest BCUT2D eigenvalue weighted by molar-refractivity contribution is 0.0703. The Morgan fingerprint density at radius 1 is 1.27 bits per heavy atom. The number of benzene rings is 1. The van der Waals surface area contributed by atoms with Gasteiger partial charge < -0.3 is 15.0 Å². The van der Waals surface area contributed by atoms with Crippen LogP contribution < -0.4 is 10.1 Å². The zero-order valence-electron chi connectivity index (χ0n) is 14.0. The third kappa shape index (κ3) is 4.73. The number of nitrogens with one attached hydrogen (secondary N) is 1. The fourth-order valence-electron chi connectivity index (χ4n) is 2.67. The van der Waals surface area contributed by atoms with Crippen molar-refractivity contribution in [2.45, 2.75) is 39.2 Å². The third-order valence-electron chi connectivity index (χ3n) is 4.24. The highest BCUT2D eigenvalue weighted by Crippen LogP contribution is 2.17. The minimum Gasteiger partial charge on any atom is -0.494 e. The molecule has 4 heteroatoms. The van der Waals surface area contributed by atoms with Crippen LogP contribution in [0.4, 0.5) is 0 Å². The summed E-state index contributed by atoms with van der Waals surface area (Å²) in [6, 6.07) is 7.86. The fourth-order valence-corrected chi connectivity index (χ4v) is 2.67. The van der Waals surface area contributed by atoms with Gasteiger partial charge in [0.05, 0.1) is 6.61 Å². The molecule has 0 atom stereocenters. The number of ether oxygens (including phenoxy) is 1. The van der Waals surface area contributed by atoms with Gasteiger partial charge in [-0.15, -0.1) is 0 Å². The number of hydrogen-bond donors (Lipinski definition) is 1. The number of piperidine rings is 1. The van der Waals surface area contributed by atoms with Gasteiger partial charge >= 0.3 is 0 Å². The van der Waals surface area contributed by atoms with E-state index in [9.17, 15) is 4.79 Å². The Labute approximate surface area is 133 Å². The van der Waals surface area contributed by atoms with Crippen molar-refractivity contribution in [1.82, 2.24) is 10.2 Å². The van der Waals surface area contributed by atoms with Crippen LogP contribution in [0.25, 0.3) is 0 Å². The Morgan fingerprint density at radius 2 is 1.91 bits per heavy atom. The van der Waals surface area contributed by atoms with E-state index in [1.165, 1.54) is 0 Å². The maximum atomic E-state index is 12.5. The quantitative estimate of drug-likeness (QED) is 0.878. The van der Waals surface area contributed by atoms with Crippen molar-refractivity contribution in [3.8, 4) is 5.75 Å². The first kappa shape index (κ1) is 16.8. The standard InChI is InChI=1S/C18H28N2O2/c1-14(2)10-13-22-17-6-4-15(5-7-17)18(21)20(3)16-8-11-19-12-9-16/h4-7,14,16,19H,8-13H2,1-3H3. The molecule has 0 aromatic heterocycles. The first-order chi connectivity index (χ1) is 10.6. The van der Waals surface area contributed by atoms with Crippen LogP contribution in [0.15, 0.2) is 24.3 Å². The highest BCUT2D eigenvalue weighted by molar-refractivity contribution is 5.94. The SMILES string of the molecule is CC(C)CCOc1ccc(C(=O)N(C)C2CCNCC2)cc1. The normalized spacial score (nSPS) is 15.8. The first-order valence-electron chi connectivity index (χ1n) is 8.28. The van der Waals surface area contributed by atoms with Gasteiger partial charge in [-0.05, 0) is 62.5 Å². The van der Waals surface area contributed by atoms with Gasteiger partial charge in [-0.1, -0.05) is 13.8 Å². The van der Waals surface area contributed by atoms with Gasteiger partial charge in [0, 0.05) is 18.7 Å². The minimum atomic E-state index is 0.0978. The Kier molecular flexibility index (Phi) is 6.25. The summed E-state index contributed by atoms with van der Waals surface area (Å²) in [7, 11) is 1.91. The highest BCUT2D eigenvalue weighted by Gasteiger charge is 2.22. The Balaban J connectivity index is 1.89. The molecule has 1 N–H and O–H groups in total. The molecule has 1 aromatic carbocycles. The number of nitrogens with zero attached hydrogens (tertiary/aromatic N) is 1. The third-order valence-corrected chi connectivity index (χ3v) is 4.24. The van der Waals surface area contributed by atoms with E-state index in [4.69, 9.17) is 4.74 Å². The number of rotatable bonds is 6. The molecule has 0 bridgehead atoms. The molecular formula is C18H28N2O2. The number of hydrogen-bond acceptors (Lipinski definition) is 3. The molecule has 1 amide bonds. The molecule has 1 heterocycles. The van der Waals surface area contributed by atoms with Gasteiger partial charge in [-0.3, -0.25) is 4.79 Å². The van der Waals surface area contributed by atoms with Crippen molar-refractivity contribution in [2.24, 2.45) is 5.92 Å². The summed E-state index contributed by atoms with van der Waals surface area (Å²) in [5.41, 5.74) is 0.734. The highest BCUT2D eigenvalue weighted by atomic mass is 16.5. The van der Waals surface area contributed by atoms with Crippen LogP contribution in [0.2, 0.25) is 0 Å². The van der Waals surface area contributed by atoms with Gasteiger partial charge in [0.25, 0.3) is 5.91 Å². The lowest BCUT2D eigenvalue weighted by Gasteiger charge is -2.31. The monoisotopic (exact) mass is 304 g/mol. The van der Waals surface area contributed by atoms with E-state index in [0.717, 1.165) is 50.3 Å². The van der Waals surface area contributed by atoms with Gasteiger partial charge in [0.2, 0.25) is 0 Å². The summed E-state index contributed by atoms with van der Waals surface area (Å²) in [6.45, 7) is 7.07. The summed E-state index contributed by atoms with van der Waals surface area (Å²) in [6.07, 6.45) is 3.09. The molecule has 1 aliphatic rings. The zero-order chi connectivity index (χ0) is 15.9. The van der Waals surface area contributed by atoms with Crippen LogP contribution in [0.5, 0.6) is 5.75 Å². The van der Waals surface area contributed by atoms with Crippen LogP contribution in [0.3, 0.4) is 0 Å². The van der Waals surface area contributed by atoms with Gasteiger partial charge in [-0.2, -0.15) is 0 Å². The zero-order valence-corrected chi connectivity index (χ0v) is 14.0. The summed E-state index contributed by atoms with van der Waals surface area (Å²) in [5.74, 6) is 1.57. The van der Waals surface area contributed by atoms with E-state index in [0.29, 0.717) is 12.0 Å². The van der Waals surface area contributed by atoms with E-state index in [1.807, 2.05) is 36.2 Å². The van der Waals surface area contributed by atoms with Crippen molar-refractivity contribution in [3.05, 3.63) is 29.8 Å². The van der Waals surface area contributed by atoms with Crippen molar-refractivity contribution < 1.29 is 9.53 Å². The van der Waals surface area contributed by atoms with Crippen LogP contribution in [0.1, 0.15) is 43.5 Å². The molecule has 0 unspecified atom stereocenters. The summed E-state index contributed by atoms with van der Waals surface area (Å²) >= 11 is 0. The summed E-state index contributed by atoms with van der Waals surface area (Å²) < 4.78 is 5.70. The number of carbonyl (C=O) groups excluding carboxylic acids is 1. The van der Waals surface area contributed by atoms with E-state index in [-0.39, 0.29) is 5.91 Å². The molecule has 122 valence electrons. The maximum absolute atomic E-state index is 12.5. The van der Waals surface area contributed by atoms with E-state index < -0.39 is 0 Å². The van der Waals surface area contributed by atoms with E-state index >= 15 is 0 Å². The molecular weight excluding hydrogens is 276 g/mol. The van der Waals surface area contributed by atoms with E-state index in [1.54, 1.807) is 0 Å². The second kappa shape index (κ2) is 8.18. The van der Waals surface area contributed by atoms with Gasteiger partial charge in [0.1, 0.15) is 5.75 Å². The molecule has 0 aliphatic carbocycles. The summed E-state index contributed by atoms with van der Waals surface area (Å²) in [5, 5.41) is 3.33. The minimum absolute atomic E-state index is 0.0978. The molecule has 1 saturated heterocycles. The molecule has 0 radical (unpaired) electrons. The lowest BCUT2D eigenvalue weighted by atomic mass is 10.0.